The maximum absolute atomic E-state index is 6.06. The summed E-state index contributed by atoms with van der Waals surface area (Å²) in [6.07, 6.45) is 0. The van der Waals surface area contributed by atoms with Crippen LogP contribution in [0.25, 0.3) is 11.3 Å². The highest BCUT2D eigenvalue weighted by Gasteiger charge is 2.11. The minimum atomic E-state index is 0.704. The zero-order valence-corrected chi connectivity index (χ0v) is 15.2. The van der Waals surface area contributed by atoms with E-state index in [1.54, 1.807) is 0 Å². The molecule has 1 aliphatic rings. The highest BCUT2D eigenvalue weighted by Crippen LogP contribution is 2.26. The Morgan fingerprint density at radius 2 is 1.73 bits per heavy atom. The van der Waals surface area contributed by atoms with Crippen LogP contribution in [0.15, 0.2) is 66.7 Å². The van der Waals surface area contributed by atoms with Gasteiger partial charge in [0.25, 0.3) is 0 Å². The Bertz CT molecular complexity index is 890. The summed E-state index contributed by atoms with van der Waals surface area (Å²) in [5, 5.41) is 7.42. The number of hydrogen-bond acceptors (Lipinski definition) is 4. The molecule has 132 valence electrons. The number of pyridine rings is 1. The van der Waals surface area contributed by atoms with Gasteiger partial charge in [-0.05, 0) is 42.5 Å². The van der Waals surface area contributed by atoms with E-state index in [-0.39, 0.29) is 0 Å². The number of aromatic nitrogens is 1. The van der Waals surface area contributed by atoms with Crippen molar-refractivity contribution in [2.45, 2.75) is 0 Å². The molecule has 1 fully saturated rings. The van der Waals surface area contributed by atoms with Gasteiger partial charge in [-0.15, -0.1) is 0 Å². The summed E-state index contributed by atoms with van der Waals surface area (Å²) in [6.45, 7) is 4.13. The first-order valence-electron chi connectivity index (χ1n) is 8.84. The Morgan fingerprint density at radius 3 is 2.58 bits per heavy atom. The molecule has 26 heavy (non-hydrogen) atoms. The summed E-state index contributed by atoms with van der Waals surface area (Å²) in [5.41, 5.74) is 4.25. The van der Waals surface area contributed by atoms with E-state index < -0.39 is 0 Å². The standard InChI is InChI=1S/C21H21ClN4/c22-17-5-2-6-18(15-17)24-21-9-3-8-20(25-21)16-4-1-7-19(14-16)26-12-10-23-11-13-26/h1-9,14-15,23H,10-13H2,(H,24,25). The molecule has 0 saturated carbocycles. The Balaban J connectivity index is 1.58. The average Bonchev–Trinajstić information content (AvgIpc) is 2.69. The fraction of sp³-hybridized carbons (Fsp3) is 0.190. The van der Waals surface area contributed by atoms with Crippen LogP contribution >= 0.6 is 11.6 Å². The summed E-state index contributed by atoms with van der Waals surface area (Å²) in [4.78, 5) is 7.18. The van der Waals surface area contributed by atoms with Gasteiger partial charge in [0, 0.05) is 48.1 Å². The summed E-state index contributed by atoms with van der Waals surface area (Å²) in [5.74, 6) is 0.803. The Labute approximate surface area is 158 Å². The Hall–Kier alpha value is -2.56. The van der Waals surface area contributed by atoms with Crippen LogP contribution in [-0.4, -0.2) is 31.2 Å². The molecular formula is C21H21ClN4. The second kappa shape index (κ2) is 7.77. The van der Waals surface area contributed by atoms with E-state index in [1.807, 2.05) is 42.5 Å². The number of nitrogens with zero attached hydrogens (tertiary/aromatic N) is 2. The number of piperazine rings is 1. The predicted octanol–water partition coefficient (Wildman–Crippen LogP) is 4.56. The summed E-state index contributed by atoms with van der Waals surface area (Å²) < 4.78 is 0. The van der Waals surface area contributed by atoms with E-state index in [1.165, 1.54) is 5.69 Å². The normalized spacial score (nSPS) is 14.3. The number of nitrogens with one attached hydrogen (secondary N) is 2. The molecule has 0 aliphatic carbocycles. The zero-order valence-electron chi connectivity index (χ0n) is 14.5. The molecular weight excluding hydrogens is 344 g/mol. The molecule has 0 atom stereocenters. The summed E-state index contributed by atoms with van der Waals surface area (Å²) in [7, 11) is 0. The van der Waals surface area contributed by atoms with E-state index in [9.17, 15) is 0 Å². The third-order valence-corrected chi connectivity index (χ3v) is 4.71. The number of benzene rings is 2. The molecule has 1 aliphatic heterocycles. The van der Waals surface area contributed by atoms with Crippen molar-refractivity contribution in [1.82, 2.24) is 10.3 Å². The first kappa shape index (κ1) is 16.9. The van der Waals surface area contributed by atoms with Gasteiger partial charge in [0.1, 0.15) is 5.82 Å². The van der Waals surface area contributed by atoms with Gasteiger partial charge in [-0.1, -0.05) is 35.9 Å². The second-order valence-electron chi connectivity index (χ2n) is 6.33. The first-order valence-corrected chi connectivity index (χ1v) is 9.21. The molecule has 0 radical (unpaired) electrons. The van der Waals surface area contributed by atoms with Gasteiger partial charge in [0.05, 0.1) is 5.69 Å². The second-order valence-corrected chi connectivity index (χ2v) is 6.77. The van der Waals surface area contributed by atoms with Crippen molar-refractivity contribution in [2.75, 3.05) is 36.4 Å². The molecule has 2 N–H and O–H groups in total. The van der Waals surface area contributed by atoms with Crippen LogP contribution in [0.3, 0.4) is 0 Å². The topological polar surface area (TPSA) is 40.2 Å². The molecule has 1 aromatic heterocycles. The van der Waals surface area contributed by atoms with Crippen molar-refractivity contribution in [3.8, 4) is 11.3 Å². The monoisotopic (exact) mass is 364 g/mol. The van der Waals surface area contributed by atoms with Gasteiger partial charge in [-0.25, -0.2) is 4.98 Å². The quantitative estimate of drug-likeness (QED) is 0.712. The van der Waals surface area contributed by atoms with E-state index in [0.717, 1.165) is 48.9 Å². The lowest BCUT2D eigenvalue weighted by molar-refractivity contribution is 0.589. The van der Waals surface area contributed by atoms with E-state index in [4.69, 9.17) is 16.6 Å². The van der Waals surface area contributed by atoms with Crippen LogP contribution in [0.5, 0.6) is 0 Å². The molecule has 4 rings (SSSR count). The largest absolute Gasteiger partial charge is 0.369 e. The highest BCUT2D eigenvalue weighted by molar-refractivity contribution is 6.30. The maximum Gasteiger partial charge on any atom is 0.131 e. The summed E-state index contributed by atoms with van der Waals surface area (Å²) >= 11 is 6.06. The summed E-state index contributed by atoms with van der Waals surface area (Å²) in [6, 6.07) is 22.3. The van der Waals surface area contributed by atoms with Gasteiger partial charge in [-0.3, -0.25) is 0 Å². The Kier molecular flexibility index (Phi) is 5.04. The van der Waals surface area contributed by atoms with Crippen molar-refractivity contribution in [1.29, 1.82) is 0 Å². The van der Waals surface area contributed by atoms with Crippen molar-refractivity contribution in [3.05, 3.63) is 71.8 Å². The van der Waals surface area contributed by atoms with Gasteiger partial charge >= 0.3 is 0 Å². The molecule has 0 spiro atoms. The smallest absolute Gasteiger partial charge is 0.131 e. The molecule has 1 saturated heterocycles. The number of rotatable bonds is 4. The van der Waals surface area contributed by atoms with Crippen LogP contribution in [0.1, 0.15) is 0 Å². The minimum Gasteiger partial charge on any atom is -0.369 e. The fourth-order valence-corrected chi connectivity index (χ4v) is 3.35. The van der Waals surface area contributed by atoms with Crippen LogP contribution < -0.4 is 15.5 Å². The molecule has 3 aromatic rings. The maximum atomic E-state index is 6.06. The third kappa shape index (κ3) is 3.98. The molecule has 4 nitrogen and oxygen atoms in total. The van der Waals surface area contributed by atoms with Crippen LogP contribution in [0.2, 0.25) is 5.02 Å². The lowest BCUT2D eigenvalue weighted by atomic mass is 10.1. The first-order chi connectivity index (χ1) is 12.8. The van der Waals surface area contributed by atoms with Crippen LogP contribution in [-0.2, 0) is 0 Å². The molecule has 0 amide bonds. The van der Waals surface area contributed by atoms with Crippen LogP contribution in [0, 0.1) is 0 Å². The predicted molar refractivity (Wildman–Crippen MR) is 109 cm³/mol. The minimum absolute atomic E-state index is 0.704. The molecule has 0 bridgehead atoms. The number of halogens is 1. The average molecular weight is 365 g/mol. The van der Waals surface area contributed by atoms with E-state index in [2.05, 4.69) is 39.8 Å². The van der Waals surface area contributed by atoms with E-state index >= 15 is 0 Å². The lowest BCUT2D eigenvalue weighted by Gasteiger charge is -2.29. The SMILES string of the molecule is Clc1cccc(Nc2cccc(-c3cccc(N4CCNCC4)c3)n2)c1. The molecule has 5 heteroatoms. The van der Waals surface area contributed by atoms with Crippen molar-refractivity contribution in [2.24, 2.45) is 0 Å². The van der Waals surface area contributed by atoms with Gasteiger partial charge < -0.3 is 15.5 Å². The molecule has 0 unspecified atom stereocenters. The van der Waals surface area contributed by atoms with Gasteiger partial charge in [-0.2, -0.15) is 0 Å². The lowest BCUT2D eigenvalue weighted by Crippen LogP contribution is -2.43. The van der Waals surface area contributed by atoms with Gasteiger partial charge in [0.2, 0.25) is 0 Å². The zero-order chi connectivity index (χ0) is 17.8. The van der Waals surface area contributed by atoms with Crippen molar-refractivity contribution < 1.29 is 0 Å². The fourth-order valence-electron chi connectivity index (χ4n) is 3.16. The third-order valence-electron chi connectivity index (χ3n) is 4.47. The van der Waals surface area contributed by atoms with Crippen molar-refractivity contribution in [3.63, 3.8) is 0 Å². The Morgan fingerprint density at radius 1 is 0.923 bits per heavy atom. The number of anilines is 3. The van der Waals surface area contributed by atoms with E-state index in [0.29, 0.717) is 5.02 Å². The molecule has 2 aromatic carbocycles. The number of hydrogen-bond donors (Lipinski definition) is 2. The van der Waals surface area contributed by atoms with Gasteiger partial charge in [0.15, 0.2) is 0 Å². The highest BCUT2D eigenvalue weighted by atomic mass is 35.5. The van der Waals surface area contributed by atoms with Crippen LogP contribution in [0.4, 0.5) is 17.2 Å². The van der Waals surface area contributed by atoms with Crippen molar-refractivity contribution >= 4 is 28.8 Å². The molecule has 2 heterocycles.